The number of carbonyl (C=O) groups is 2. The van der Waals surface area contributed by atoms with Gasteiger partial charge < -0.3 is 20.1 Å². The average Bonchev–Trinajstić information content (AvgIpc) is 3.41. The molecule has 8 nitrogen and oxygen atoms in total. The average molecular weight is 391 g/mol. The van der Waals surface area contributed by atoms with Crippen molar-refractivity contribution in [3.05, 3.63) is 65.7 Å². The second-order valence-electron chi connectivity index (χ2n) is 6.88. The quantitative estimate of drug-likeness (QED) is 0.691. The monoisotopic (exact) mass is 391 g/mol. The van der Waals surface area contributed by atoms with E-state index in [2.05, 4.69) is 25.7 Å². The van der Waals surface area contributed by atoms with Crippen molar-refractivity contribution in [3.8, 4) is 0 Å². The third kappa shape index (κ3) is 4.43. The smallest absolute Gasteiger partial charge is 0.275 e. The van der Waals surface area contributed by atoms with Gasteiger partial charge in [0.05, 0.1) is 0 Å². The molecule has 0 aliphatic carbocycles. The number of hydrogen-bond acceptors (Lipinski definition) is 6. The lowest BCUT2D eigenvalue weighted by atomic mass is 10.2. The minimum Gasteiger partial charge on any atom is -0.372 e. The first-order valence-electron chi connectivity index (χ1n) is 9.46. The fraction of sp³-hybridized carbons (Fsp3) is 0.238. The maximum atomic E-state index is 12.5. The van der Waals surface area contributed by atoms with Crippen LogP contribution in [0.2, 0.25) is 0 Å². The number of pyridine rings is 1. The normalized spacial score (nSPS) is 13.3. The van der Waals surface area contributed by atoms with Gasteiger partial charge in [-0.2, -0.15) is 0 Å². The van der Waals surface area contributed by atoms with E-state index in [1.165, 1.54) is 18.9 Å². The number of aromatic nitrogens is 2. The SMILES string of the molecule is Cc1cc(NC(=O)c2cccc(C(=O)Nc3ccc(N4CCCC4)cc3)n2)no1. The third-order valence-corrected chi connectivity index (χ3v) is 4.68. The van der Waals surface area contributed by atoms with Crippen LogP contribution in [0.5, 0.6) is 0 Å². The first-order valence-corrected chi connectivity index (χ1v) is 9.46. The lowest BCUT2D eigenvalue weighted by Crippen LogP contribution is -2.19. The summed E-state index contributed by atoms with van der Waals surface area (Å²) >= 11 is 0. The Kier molecular flexibility index (Phi) is 5.24. The molecule has 2 aromatic heterocycles. The van der Waals surface area contributed by atoms with Crippen molar-refractivity contribution in [2.75, 3.05) is 28.6 Å². The number of nitrogens with one attached hydrogen (secondary N) is 2. The molecule has 1 aliphatic rings. The summed E-state index contributed by atoms with van der Waals surface area (Å²) in [5.74, 6) is 0.0214. The van der Waals surface area contributed by atoms with Gasteiger partial charge >= 0.3 is 0 Å². The predicted octanol–water partition coefficient (Wildman–Crippen LogP) is 3.48. The van der Waals surface area contributed by atoms with Crippen LogP contribution in [-0.2, 0) is 0 Å². The van der Waals surface area contributed by atoms with E-state index in [9.17, 15) is 9.59 Å². The first kappa shape index (κ1) is 18.7. The van der Waals surface area contributed by atoms with Gasteiger partial charge in [0.2, 0.25) is 0 Å². The summed E-state index contributed by atoms with van der Waals surface area (Å²) in [5, 5.41) is 9.11. The van der Waals surface area contributed by atoms with Crippen molar-refractivity contribution in [3.63, 3.8) is 0 Å². The van der Waals surface area contributed by atoms with Crippen LogP contribution >= 0.6 is 0 Å². The third-order valence-electron chi connectivity index (χ3n) is 4.68. The number of rotatable bonds is 5. The van der Waals surface area contributed by atoms with Crippen LogP contribution in [0.1, 0.15) is 39.6 Å². The van der Waals surface area contributed by atoms with Gasteiger partial charge in [-0.05, 0) is 56.2 Å². The van der Waals surface area contributed by atoms with E-state index in [0.717, 1.165) is 18.8 Å². The minimum absolute atomic E-state index is 0.114. The Morgan fingerprint density at radius 2 is 1.62 bits per heavy atom. The summed E-state index contributed by atoms with van der Waals surface area (Å²) in [6.45, 7) is 3.86. The maximum absolute atomic E-state index is 12.5. The number of anilines is 3. The molecule has 0 radical (unpaired) electrons. The first-order chi connectivity index (χ1) is 14.1. The zero-order valence-corrected chi connectivity index (χ0v) is 16.0. The van der Waals surface area contributed by atoms with Gasteiger partial charge in [-0.15, -0.1) is 0 Å². The van der Waals surface area contributed by atoms with Crippen LogP contribution in [-0.4, -0.2) is 35.0 Å². The van der Waals surface area contributed by atoms with Gasteiger partial charge in [0.1, 0.15) is 17.1 Å². The van der Waals surface area contributed by atoms with Crippen LogP contribution in [0.3, 0.4) is 0 Å². The second kappa shape index (κ2) is 8.14. The predicted molar refractivity (Wildman–Crippen MR) is 109 cm³/mol. The van der Waals surface area contributed by atoms with Gasteiger partial charge in [-0.3, -0.25) is 9.59 Å². The van der Waals surface area contributed by atoms with E-state index < -0.39 is 5.91 Å². The van der Waals surface area contributed by atoms with Crippen LogP contribution in [0.15, 0.2) is 53.1 Å². The lowest BCUT2D eigenvalue weighted by Gasteiger charge is -2.17. The van der Waals surface area contributed by atoms with Crippen molar-refractivity contribution in [1.29, 1.82) is 0 Å². The highest BCUT2D eigenvalue weighted by Gasteiger charge is 2.15. The number of benzene rings is 1. The number of amides is 2. The van der Waals surface area contributed by atoms with Gasteiger partial charge in [0, 0.05) is 30.5 Å². The molecule has 2 amide bonds. The Labute approximate surface area is 167 Å². The Bertz CT molecular complexity index is 1020. The molecule has 1 aromatic carbocycles. The topological polar surface area (TPSA) is 100 Å². The van der Waals surface area contributed by atoms with E-state index in [1.807, 2.05) is 24.3 Å². The highest BCUT2D eigenvalue weighted by molar-refractivity contribution is 6.05. The molecule has 0 unspecified atom stereocenters. The molecule has 29 heavy (non-hydrogen) atoms. The van der Waals surface area contributed by atoms with Gasteiger partial charge in [-0.25, -0.2) is 4.98 Å². The van der Waals surface area contributed by atoms with Crippen LogP contribution < -0.4 is 15.5 Å². The number of hydrogen-bond donors (Lipinski definition) is 2. The number of carbonyl (C=O) groups excluding carboxylic acids is 2. The summed E-state index contributed by atoms with van der Waals surface area (Å²) < 4.78 is 4.92. The highest BCUT2D eigenvalue weighted by atomic mass is 16.5. The highest BCUT2D eigenvalue weighted by Crippen LogP contribution is 2.22. The molecule has 3 aromatic rings. The molecule has 2 N–H and O–H groups in total. The molecule has 148 valence electrons. The molecule has 1 aliphatic heterocycles. The molecular formula is C21H21N5O3. The summed E-state index contributed by atoms with van der Waals surface area (Å²) in [6, 6.07) is 14.0. The number of aryl methyl sites for hydroxylation is 1. The standard InChI is InChI=1S/C21H21N5O3/c1-14-13-19(25-29-14)24-21(28)18-6-4-5-17(23-18)20(27)22-15-7-9-16(10-8-15)26-11-2-3-12-26/h4-10,13H,2-3,11-12H2,1H3,(H,22,27)(H,24,25,28). The lowest BCUT2D eigenvalue weighted by molar-refractivity contribution is 0.101. The molecule has 0 atom stereocenters. The molecule has 0 saturated carbocycles. The summed E-state index contributed by atoms with van der Waals surface area (Å²) in [4.78, 5) is 31.4. The van der Waals surface area contributed by atoms with Crippen molar-refractivity contribution < 1.29 is 14.1 Å². The molecular weight excluding hydrogens is 370 g/mol. The van der Waals surface area contributed by atoms with Crippen molar-refractivity contribution in [1.82, 2.24) is 10.1 Å². The van der Waals surface area contributed by atoms with Crippen LogP contribution in [0.4, 0.5) is 17.2 Å². The van der Waals surface area contributed by atoms with E-state index in [4.69, 9.17) is 4.52 Å². The van der Waals surface area contributed by atoms with E-state index in [1.54, 1.807) is 25.1 Å². The fourth-order valence-corrected chi connectivity index (χ4v) is 3.22. The second-order valence-corrected chi connectivity index (χ2v) is 6.88. The zero-order chi connectivity index (χ0) is 20.2. The summed E-state index contributed by atoms with van der Waals surface area (Å²) in [6.07, 6.45) is 2.43. The molecule has 0 spiro atoms. The molecule has 3 heterocycles. The Morgan fingerprint density at radius 3 is 2.24 bits per heavy atom. The Balaban J connectivity index is 1.42. The van der Waals surface area contributed by atoms with Crippen molar-refractivity contribution in [2.45, 2.75) is 19.8 Å². The van der Waals surface area contributed by atoms with Crippen molar-refractivity contribution in [2.24, 2.45) is 0 Å². The maximum Gasteiger partial charge on any atom is 0.275 e. The van der Waals surface area contributed by atoms with Crippen LogP contribution in [0, 0.1) is 6.92 Å². The van der Waals surface area contributed by atoms with E-state index in [0.29, 0.717) is 17.3 Å². The van der Waals surface area contributed by atoms with Gasteiger partial charge in [-0.1, -0.05) is 11.2 Å². The summed E-state index contributed by atoms with van der Waals surface area (Å²) in [7, 11) is 0. The summed E-state index contributed by atoms with van der Waals surface area (Å²) in [5.41, 5.74) is 2.09. The molecule has 4 rings (SSSR count). The molecule has 0 bridgehead atoms. The molecule has 1 saturated heterocycles. The van der Waals surface area contributed by atoms with Gasteiger partial charge in [0.25, 0.3) is 11.8 Å². The molecule has 8 heteroatoms. The van der Waals surface area contributed by atoms with E-state index in [-0.39, 0.29) is 17.3 Å². The Morgan fingerprint density at radius 1 is 0.966 bits per heavy atom. The van der Waals surface area contributed by atoms with Crippen molar-refractivity contribution >= 4 is 29.0 Å². The van der Waals surface area contributed by atoms with E-state index >= 15 is 0 Å². The number of nitrogens with zero attached hydrogens (tertiary/aromatic N) is 3. The fourth-order valence-electron chi connectivity index (χ4n) is 3.22. The minimum atomic E-state index is -0.470. The van der Waals surface area contributed by atoms with Crippen LogP contribution in [0.25, 0.3) is 0 Å². The Hall–Kier alpha value is -3.68. The largest absolute Gasteiger partial charge is 0.372 e. The zero-order valence-electron chi connectivity index (χ0n) is 16.0. The van der Waals surface area contributed by atoms with Gasteiger partial charge in [0.15, 0.2) is 5.82 Å². The molecule has 1 fully saturated rings.